The van der Waals surface area contributed by atoms with Gasteiger partial charge in [-0.15, -0.1) is 53.4 Å². The molecule has 8 aromatic rings. The van der Waals surface area contributed by atoms with Crippen molar-refractivity contribution < 1.29 is 25.8 Å². The fourth-order valence-corrected chi connectivity index (χ4v) is 6.50. The SMILES string of the molecule is CC(C)(C)Cc1nc(Oc2cc(C(C)(C)C)cc(-c3[c-]cccc3)n2)nc2c3[c-]c4ccccc4cc3n3c4ccccc4cc3c12.[Pt+2]. The molecule has 0 atom stereocenters. The third-order valence-electron chi connectivity index (χ3n) is 8.72. The largest absolute Gasteiger partial charge is 2.00 e. The van der Waals surface area contributed by atoms with E-state index in [1.54, 1.807) is 0 Å². The molecule has 0 bridgehead atoms. The number of benzene rings is 4. The zero-order valence-corrected chi connectivity index (χ0v) is 30.2. The van der Waals surface area contributed by atoms with Crippen LogP contribution in [-0.2, 0) is 32.9 Å². The van der Waals surface area contributed by atoms with Gasteiger partial charge in [0.05, 0.1) is 5.69 Å². The Kier molecular flexibility index (Phi) is 7.87. The van der Waals surface area contributed by atoms with E-state index in [9.17, 15) is 0 Å². The van der Waals surface area contributed by atoms with Crippen LogP contribution in [0.4, 0.5) is 0 Å². The maximum Gasteiger partial charge on any atom is 2.00 e. The smallest absolute Gasteiger partial charge is 0.406 e. The summed E-state index contributed by atoms with van der Waals surface area (Å²) in [6, 6.07) is 40.8. The number of para-hydroxylation sites is 1. The molecule has 4 aromatic heterocycles. The van der Waals surface area contributed by atoms with Crippen LogP contribution in [0.3, 0.4) is 0 Å². The summed E-state index contributed by atoms with van der Waals surface area (Å²) in [5.41, 5.74) is 7.70. The van der Waals surface area contributed by atoms with Crippen LogP contribution in [0.15, 0.2) is 97.1 Å². The molecule has 5 nitrogen and oxygen atoms in total. The molecule has 0 saturated heterocycles. The molecule has 48 heavy (non-hydrogen) atoms. The van der Waals surface area contributed by atoms with E-state index in [0.29, 0.717) is 5.88 Å². The maximum absolute atomic E-state index is 6.58. The van der Waals surface area contributed by atoms with Crippen molar-refractivity contribution in [3.63, 3.8) is 0 Å². The molecule has 0 aliphatic carbocycles. The summed E-state index contributed by atoms with van der Waals surface area (Å²) >= 11 is 0. The van der Waals surface area contributed by atoms with Crippen LogP contribution in [0.25, 0.3) is 60.3 Å². The van der Waals surface area contributed by atoms with Gasteiger partial charge in [-0.2, -0.15) is 0 Å². The van der Waals surface area contributed by atoms with Gasteiger partial charge in [-0.25, -0.2) is 9.97 Å². The van der Waals surface area contributed by atoms with E-state index < -0.39 is 0 Å². The summed E-state index contributed by atoms with van der Waals surface area (Å²) < 4.78 is 8.93. The molecule has 0 aliphatic rings. The molecule has 0 fully saturated rings. The number of rotatable bonds is 4. The fourth-order valence-electron chi connectivity index (χ4n) is 6.50. The first kappa shape index (κ1) is 32.0. The van der Waals surface area contributed by atoms with E-state index in [-0.39, 0.29) is 37.9 Å². The molecule has 0 N–H and O–H groups in total. The first-order valence-corrected chi connectivity index (χ1v) is 16.2. The molecule has 0 radical (unpaired) electrons. The number of ether oxygens (including phenoxy) is 1. The molecule has 0 amide bonds. The zero-order valence-electron chi connectivity index (χ0n) is 28.0. The predicted molar refractivity (Wildman–Crippen MR) is 192 cm³/mol. The maximum atomic E-state index is 6.58. The zero-order chi connectivity index (χ0) is 32.5. The minimum absolute atomic E-state index is 0. The molecule has 4 aromatic carbocycles. The summed E-state index contributed by atoms with van der Waals surface area (Å²) in [6.45, 7) is 13.3. The first-order valence-electron chi connectivity index (χ1n) is 16.2. The molecule has 6 heteroatoms. The van der Waals surface area contributed by atoms with Crippen LogP contribution < -0.4 is 4.74 Å². The monoisotopic (exact) mass is 807 g/mol. The molecule has 0 saturated carbocycles. The number of hydrogen-bond donors (Lipinski definition) is 0. The molecule has 0 unspecified atom stereocenters. The van der Waals surface area contributed by atoms with Gasteiger partial charge in [0.1, 0.15) is 0 Å². The average molecular weight is 808 g/mol. The Labute approximate surface area is 295 Å². The van der Waals surface area contributed by atoms with Crippen molar-refractivity contribution in [2.75, 3.05) is 0 Å². The topological polar surface area (TPSA) is 52.3 Å². The van der Waals surface area contributed by atoms with Gasteiger partial charge in [0.2, 0.25) is 5.88 Å². The number of hydrogen-bond acceptors (Lipinski definition) is 4. The Hall–Kier alpha value is -4.60. The van der Waals surface area contributed by atoms with Gasteiger partial charge in [-0.1, -0.05) is 101 Å². The van der Waals surface area contributed by atoms with Crippen LogP contribution >= 0.6 is 0 Å². The summed E-state index contributed by atoms with van der Waals surface area (Å²) in [7, 11) is 0. The average Bonchev–Trinajstić information content (AvgIpc) is 3.43. The number of aromatic nitrogens is 4. The van der Waals surface area contributed by atoms with E-state index in [1.807, 2.05) is 30.3 Å². The van der Waals surface area contributed by atoms with Crippen molar-refractivity contribution in [1.82, 2.24) is 19.4 Å². The van der Waals surface area contributed by atoms with Gasteiger partial charge in [0.15, 0.2) is 0 Å². The second-order valence-corrected chi connectivity index (χ2v) is 14.7. The first-order chi connectivity index (χ1) is 22.5. The Morgan fingerprint density at radius 1 is 0.729 bits per heavy atom. The van der Waals surface area contributed by atoms with Crippen molar-refractivity contribution >= 4 is 49.0 Å². The quantitative estimate of drug-likeness (QED) is 0.101. The Balaban J connectivity index is 0.00000364. The molecule has 0 aliphatic heterocycles. The van der Waals surface area contributed by atoms with Crippen LogP contribution in [-0.4, -0.2) is 19.4 Å². The Bertz CT molecular complexity index is 2490. The molecule has 8 rings (SSSR count). The van der Waals surface area contributed by atoms with Crippen molar-refractivity contribution in [3.05, 3.63) is 120 Å². The van der Waals surface area contributed by atoms with Crippen molar-refractivity contribution in [2.24, 2.45) is 5.41 Å². The Morgan fingerprint density at radius 2 is 1.46 bits per heavy atom. The summed E-state index contributed by atoms with van der Waals surface area (Å²) in [5.74, 6) is 0.457. The summed E-state index contributed by atoms with van der Waals surface area (Å²) in [6.07, 6.45) is 0.734. The van der Waals surface area contributed by atoms with Gasteiger partial charge < -0.3 is 9.14 Å². The van der Waals surface area contributed by atoms with Crippen molar-refractivity contribution in [2.45, 2.75) is 53.4 Å². The van der Waals surface area contributed by atoms with E-state index in [4.69, 9.17) is 19.7 Å². The van der Waals surface area contributed by atoms with Crippen LogP contribution in [0.2, 0.25) is 0 Å². The summed E-state index contributed by atoms with van der Waals surface area (Å²) in [5, 5.41) is 5.31. The Morgan fingerprint density at radius 3 is 2.21 bits per heavy atom. The molecule has 4 heterocycles. The normalized spacial score (nSPS) is 12.3. The van der Waals surface area contributed by atoms with E-state index in [0.717, 1.165) is 72.5 Å². The van der Waals surface area contributed by atoms with Crippen molar-refractivity contribution in [1.29, 1.82) is 0 Å². The molecule has 240 valence electrons. The van der Waals surface area contributed by atoms with Crippen LogP contribution in [0, 0.1) is 17.5 Å². The van der Waals surface area contributed by atoms with E-state index >= 15 is 0 Å². The number of pyridine rings is 2. The van der Waals surface area contributed by atoms with Crippen molar-refractivity contribution in [3.8, 4) is 23.1 Å². The molecule has 0 spiro atoms. The second-order valence-electron chi connectivity index (χ2n) is 14.7. The number of fused-ring (bicyclic) bond motifs is 9. The van der Waals surface area contributed by atoms with Crippen LogP contribution in [0.1, 0.15) is 52.8 Å². The van der Waals surface area contributed by atoms with Gasteiger partial charge in [0.25, 0.3) is 0 Å². The third kappa shape index (κ3) is 5.75. The van der Waals surface area contributed by atoms with Gasteiger partial charge in [-0.05, 0) is 51.5 Å². The van der Waals surface area contributed by atoms with E-state index in [2.05, 4.69) is 125 Å². The minimum atomic E-state index is -0.124. The molecular weight excluding hydrogens is 772 g/mol. The van der Waals surface area contributed by atoms with Gasteiger partial charge in [0, 0.05) is 28.0 Å². The minimum Gasteiger partial charge on any atom is -0.406 e. The third-order valence-corrected chi connectivity index (χ3v) is 8.72. The van der Waals surface area contributed by atoms with Crippen LogP contribution in [0.5, 0.6) is 11.9 Å². The standard InChI is InChI=1S/C42H36N4O.Pt/c1-41(2,3)25-33-38-36-22-29-18-12-13-19-34(29)46(36)35-21-28-17-11-10-16-27(28)20-31(35)39(38)45-40(44-33)47-37-24-30(42(4,5)6)23-32(43-37)26-14-8-7-9-15-26;/h7-14,16-19,21-24H,25H2,1-6H3;/q-2;+2. The van der Waals surface area contributed by atoms with E-state index in [1.165, 1.54) is 5.39 Å². The van der Waals surface area contributed by atoms with Gasteiger partial charge >= 0.3 is 27.1 Å². The fraction of sp³-hybridized carbons (Fsp3) is 0.214. The predicted octanol–water partition coefficient (Wildman–Crippen LogP) is 10.7. The summed E-state index contributed by atoms with van der Waals surface area (Å²) in [4.78, 5) is 15.3. The second kappa shape index (κ2) is 11.8. The number of nitrogens with zero attached hydrogens (tertiary/aromatic N) is 4. The van der Waals surface area contributed by atoms with Gasteiger partial charge in [-0.3, -0.25) is 4.98 Å². The molecular formula is C42H36N4OPt.